The highest BCUT2D eigenvalue weighted by atomic mass is 16.5. The second-order valence-electron chi connectivity index (χ2n) is 10.5. The number of benzene rings is 1. The first-order valence-corrected chi connectivity index (χ1v) is 12.6. The Morgan fingerprint density at radius 1 is 1.19 bits per heavy atom. The van der Waals surface area contributed by atoms with Gasteiger partial charge in [-0.1, -0.05) is 42.5 Å². The Kier molecular flexibility index (Phi) is 7.12. The SMILES string of the molecule is C=CCN(C)C(=O)[C@@H]1[C@H]2C(=O)N([C@H](C)CO)C(C(=O)N(CC=C)Cc3ccccc3)C23CC[C@@]1(C)O3. The van der Waals surface area contributed by atoms with Crippen molar-refractivity contribution in [2.75, 3.05) is 26.7 Å². The van der Waals surface area contributed by atoms with Gasteiger partial charge in [0.2, 0.25) is 17.7 Å². The van der Waals surface area contributed by atoms with Crippen LogP contribution in [-0.2, 0) is 25.7 Å². The molecule has 8 heteroatoms. The van der Waals surface area contributed by atoms with Crippen LogP contribution < -0.4 is 0 Å². The van der Waals surface area contributed by atoms with Crippen molar-refractivity contribution in [1.29, 1.82) is 0 Å². The number of hydrogen-bond acceptors (Lipinski definition) is 5. The van der Waals surface area contributed by atoms with Gasteiger partial charge in [0.15, 0.2) is 0 Å². The lowest BCUT2D eigenvalue weighted by Gasteiger charge is -2.38. The standard InChI is InChI=1S/C28H37N3O5/c1-6-15-29(5)24(33)21-22-25(34)31(19(3)18-32)23(28(22)14-13-27(21,4)36-28)26(35)30(16-7-2)17-20-11-9-8-10-12-20/h6-12,19,21-23,32H,1-2,13-18H2,3-5H3/t19-,21+,22+,23?,27-,28?/m1/s1. The molecule has 1 aromatic carbocycles. The molecule has 1 N–H and O–H groups in total. The maximum atomic E-state index is 14.3. The summed E-state index contributed by atoms with van der Waals surface area (Å²) in [5.74, 6) is -2.25. The summed E-state index contributed by atoms with van der Waals surface area (Å²) in [5, 5.41) is 10.0. The predicted octanol–water partition coefficient (Wildman–Crippen LogP) is 1.99. The maximum absolute atomic E-state index is 14.3. The lowest BCUT2D eigenvalue weighted by molar-refractivity contribution is -0.156. The number of aliphatic hydroxyl groups is 1. The number of likely N-dealkylation sites (N-methyl/N-ethyl adjacent to an activating group) is 1. The maximum Gasteiger partial charge on any atom is 0.249 e. The number of ether oxygens (including phenoxy) is 1. The van der Waals surface area contributed by atoms with E-state index in [0.29, 0.717) is 32.5 Å². The Hall–Kier alpha value is -2.97. The molecule has 0 aliphatic carbocycles. The van der Waals surface area contributed by atoms with E-state index in [2.05, 4.69) is 13.2 Å². The van der Waals surface area contributed by atoms with Crippen molar-refractivity contribution < 1.29 is 24.2 Å². The van der Waals surface area contributed by atoms with Crippen LogP contribution >= 0.6 is 0 Å². The fourth-order valence-electron chi connectivity index (χ4n) is 6.47. The zero-order valence-electron chi connectivity index (χ0n) is 21.4. The molecule has 0 saturated carbocycles. The van der Waals surface area contributed by atoms with Crippen LogP contribution in [-0.4, -0.2) is 87.6 Å². The van der Waals surface area contributed by atoms with Gasteiger partial charge in [-0.05, 0) is 32.3 Å². The highest BCUT2D eigenvalue weighted by Crippen LogP contribution is 2.63. The minimum atomic E-state index is -1.13. The molecule has 2 unspecified atom stereocenters. The van der Waals surface area contributed by atoms with Gasteiger partial charge in [0, 0.05) is 26.7 Å². The van der Waals surface area contributed by atoms with Gasteiger partial charge in [0.1, 0.15) is 11.6 Å². The summed E-state index contributed by atoms with van der Waals surface area (Å²) in [4.78, 5) is 46.6. The number of aliphatic hydroxyl groups excluding tert-OH is 1. The third-order valence-corrected chi connectivity index (χ3v) is 8.11. The summed E-state index contributed by atoms with van der Waals surface area (Å²) in [5.41, 5.74) is -1.02. The summed E-state index contributed by atoms with van der Waals surface area (Å²) < 4.78 is 6.65. The molecule has 3 fully saturated rings. The third-order valence-electron chi connectivity index (χ3n) is 8.11. The number of hydrogen-bond donors (Lipinski definition) is 1. The molecule has 3 saturated heterocycles. The second kappa shape index (κ2) is 9.82. The van der Waals surface area contributed by atoms with Crippen molar-refractivity contribution in [3.8, 4) is 0 Å². The van der Waals surface area contributed by atoms with Crippen LogP contribution in [0.5, 0.6) is 0 Å². The molecule has 3 aliphatic rings. The first-order valence-electron chi connectivity index (χ1n) is 12.6. The van der Waals surface area contributed by atoms with Crippen molar-refractivity contribution in [2.24, 2.45) is 11.8 Å². The van der Waals surface area contributed by atoms with Crippen molar-refractivity contribution in [2.45, 2.75) is 56.5 Å². The zero-order chi connectivity index (χ0) is 26.3. The van der Waals surface area contributed by atoms with Crippen LogP contribution in [0.2, 0.25) is 0 Å². The van der Waals surface area contributed by atoms with Gasteiger partial charge in [0.05, 0.1) is 30.1 Å². The second-order valence-corrected chi connectivity index (χ2v) is 10.5. The van der Waals surface area contributed by atoms with E-state index in [9.17, 15) is 19.5 Å². The number of nitrogens with zero attached hydrogens (tertiary/aromatic N) is 3. The number of amides is 3. The summed E-state index contributed by atoms with van der Waals surface area (Å²) in [6.45, 7) is 11.8. The van der Waals surface area contributed by atoms with Crippen LogP contribution in [0, 0.1) is 11.8 Å². The molecular weight excluding hydrogens is 458 g/mol. The topological polar surface area (TPSA) is 90.4 Å². The highest BCUT2D eigenvalue weighted by Gasteiger charge is 2.78. The van der Waals surface area contributed by atoms with Crippen molar-refractivity contribution in [3.63, 3.8) is 0 Å². The first-order chi connectivity index (χ1) is 17.1. The van der Waals surface area contributed by atoms with Gasteiger partial charge in [0.25, 0.3) is 0 Å². The zero-order valence-corrected chi connectivity index (χ0v) is 21.4. The van der Waals surface area contributed by atoms with Gasteiger partial charge in [-0.25, -0.2) is 0 Å². The van der Waals surface area contributed by atoms with Gasteiger partial charge in [-0.15, -0.1) is 13.2 Å². The van der Waals surface area contributed by atoms with E-state index >= 15 is 0 Å². The molecule has 8 nitrogen and oxygen atoms in total. The van der Waals surface area contributed by atoms with E-state index in [4.69, 9.17) is 4.74 Å². The van der Waals surface area contributed by atoms with E-state index in [0.717, 1.165) is 5.56 Å². The molecule has 3 amide bonds. The Bertz CT molecular complexity index is 1040. The summed E-state index contributed by atoms with van der Waals surface area (Å²) in [6.07, 6.45) is 4.37. The Labute approximate surface area is 213 Å². The molecule has 3 aliphatic heterocycles. The largest absolute Gasteiger partial charge is 0.394 e. The van der Waals surface area contributed by atoms with Crippen LogP contribution in [0.4, 0.5) is 0 Å². The van der Waals surface area contributed by atoms with Crippen LogP contribution in [0.3, 0.4) is 0 Å². The number of likely N-dealkylation sites (tertiary alicyclic amines) is 1. The first kappa shape index (κ1) is 26.1. The summed E-state index contributed by atoms with van der Waals surface area (Å²) in [6, 6.07) is 8.09. The minimum Gasteiger partial charge on any atom is -0.394 e. The molecule has 194 valence electrons. The Morgan fingerprint density at radius 3 is 2.47 bits per heavy atom. The van der Waals surface area contributed by atoms with Crippen molar-refractivity contribution in [1.82, 2.24) is 14.7 Å². The number of rotatable bonds is 10. The molecule has 0 aromatic heterocycles. The number of carbonyl (C=O) groups excluding carboxylic acids is 3. The number of fused-ring (bicyclic) bond motifs is 1. The van der Waals surface area contributed by atoms with E-state index in [1.165, 1.54) is 4.90 Å². The van der Waals surface area contributed by atoms with Gasteiger partial charge in [-0.3, -0.25) is 14.4 Å². The molecule has 4 rings (SSSR count). The lowest BCUT2D eigenvalue weighted by Crippen LogP contribution is -2.58. The van der Waals surface area contributed by atoms with E-state index in [1.54, 1.807) is 35.9 Å². The molecule has 0 radical (unpaired) electrons. The van der Waals surface area contributed by atoms with Gasteiger partial charge in [-0.2, -0.15) is 0 Å². The summed E-state index contributed by atoms with van der Waals surface area (Å²) >= 11 is 0. The molecule has 36 heavy (non-hydrogen) atoms. The van der Waals surface area contributed by atoms with E-state index in [-0.39, 0.29) is 24.3 Å². The number of carbonyl (C=O) groups is 3. The van der Waals surface area contributed by atoms with Gasteiger partial charge >= 0.3 is 0 Å². The Balaban J connectivity index is 1.77. The average Bonchev–Trinajstić information content (AvgIpc) is 3.44. The van der Waals surface area contributed by atoms with Crippen molar-refractivity contribution >= 4 is 17.7 Å². The molecule has 6 atom stereocenters. The average molecular weight is 496 g/mol. The van der Waals surface area contributed by atoms with Crippen molar-refractivity contribution in [3.05, 3.63) is 61.2 Å². The third kappa shape index (κ3) is 3.96. The normalized spacial score (nSPS) is 31.2. The molecule has 1 aromatic rings. The predicted molar refractivity (Wildman–Crippen MR) is 136 cm³/mol. The van der Waals surface area contributed by atoms with E-state index in [1.807, 2.05) is 37.3 Å². The molecule has 2 bridgehead atoms. The summed E-state index contributed by atoms with van der Waals surface area (Å²) in [7, 11) is 1.69. The van der Waals surface area contributed by atoms with Crippen LogP contribution in [0.25, 0.3) is 0 Å². The monoisotopic (exact) mass is 495 g/mol. The fourth-order valence-corrected chi connectivity index (χ4v) is 6.47. The lowest BCUT2D eigenvalue weighted by atomic mass is 9.66. The molecule has 3 heterocycles. The molecule has 1 spiro atoms. The fraction of sp³-hybridized carbons (Fsp3) is 0.536. The van der Waals surface area contributed by atoms with Gasteiger partial charge < -0.3 is 24.5 Å². The quantitative estimate of drug-likeness (QED) is 0.502. The Morgan fingerprint density at radius 2 is 1.86 bits per heavy atom. The molecular formula is C28H37N3O5. The van der Waals surface area contributed by atoms with Crippen LogP contribution in [0.15, 0.2) is 55.6 Å². The van der Waals surface area contributed by atoms with E-state index < -0.39 is 35.1 Å². The smallest absolute Gasteiger partial charge is 0.249 e. The van der Waals surface area contributed by atoms with Crippen LogP contribution in [0.1, 0.15) is 32.3 Å². The highest BCUT2D eigenvalue weighted by molar-refractivity contribution is 5.99. The minimum absolute atomic E-state index is 0.186.